The van der Waals surface area contributed by atoms with E-state index in [1.54, 1.807) is 43.5 Å². The van der Waals surface area contributed by atoms with Crippen molar-refractivity contribution in [3.63, 3.8) is 0 Å². The monoisotopic (exact) mass is 313 g/mol. The van der Waals surface area contributed by atoms with Crippen molar-refractivity contribution < 1.29 is 14.6 Å². The Morgan fingerprint density at radius 2 is 2.20 bits per heavy atom. The smallest absolute Gasteiger partial charge is 0.333 e. The number of hydrogen-bond acceptors (Lipinski definition) is 5. The van der Waals surface area contributed by atoms with E-state index >= 15 is 0 Å². The van der Waals surface area contributed by atoms with E-state index in [0.29, 0.717) is 10.6 Å². The first-order valence-electron chi connectivity index (χ1n) is 6.09. The first-order valence-corrected chi connectivity index (χ1v) is 6.98. The zero-order chi connectivity index (χ0) is 14.9. The summed E-state index contributed by atoms with van der Waals surface area (Å²) in [5.41, 5.74) is -0.727. The number of methoxy groups -OCH3 is 1. The van der Waals surface area contributed by atoms with Crippen LogP contribution in [0.5, 0.6) is 0 Å². The quantitative estimate of drug-likeness (QED) is 0.664. The molecule has 1 aromatic carbocycles. The topological polar surface area (TPSA) is 49.8 Å². The fraction of sp³-hybridized carbons (Fsp3) is 0.357. The SMILES string of the molecule is COC(=O)[C@H](c1ccccc1Cl)N1C=CC(S)C1(C)O. The van der Waals surface area contributed by atoms with E-state index in [0.717, 1.165) is 0 Å². The first kappa shape index (κ1) is 15.2. The van der Waals surface area contributed by atoms with Crippen LogP contribution in [-0.4, -0.2) is 34.1 Å². The summed E-state index contributed by atoms with van der Waals surface area (Å²) in [4.78, 5) is 13.7. The fourth-order valence-electron chi connectivity index (χ4n) is 2.21. The highest BCUT2D eigenvalue weighted by atomic mass is 35.5. The van der Waals surface area contributed by atoms with Gasteiger partial charge in [-0.05, 0) is 13.0 Å². The Morgan fingerprint density at radius 3 is 2.70 bits per heavy atom. The van der Waals surface area contributed by atoms with Crippen LogP contribution >= 0.6 is 24.2 Å². The Balaban J connectivity index is 2.48. The number of esters is 1. The normalized spacial score (nSPS) is 26.6. The molecule has 0 aromatic heterocycles. The third-order valence-corrected chi connectivity index (χ3v) is 4.42. The average molecular weight is 314 g/mol. The molecule has 1 heterocycles. The Bertz CT molecular complexity index is 547. The second kappa shape index (κ2) is 5.68. The maximum atomic E-state index is 12.2. The number of benzene rings is 1. The van der Waals surface area contributed by atoms with Crippen molar-refractivity contribution in [2.24, 2.45) is 0 Å². The van der Waals surface area contributed by atoms with E-state index in [9.17, 15) is 9.90 Å². The van der Waals surface area contributed by atoms with Crippen molar-refractivity contribution in [3.05, 3.63) is 47.1 Å². The van der Waals surface area contributed by atoms with Crippen LogP contribution in [-0.2, 0) is 9.53 Å². The van der Waals surface area contributed by atoms with Gasteiger partial charge in [0, 0.05) is 16.8 Å². The van der Waals surface area contributed by atoms with Gasteiger partial charge in [-0.15, -0.1) is 0 Å². The number of halogens is 1. The molecule has 108 valence electrons. The van der Waals surface area contributed by atoms with Crippen LogP contribution in [0, 0.1) is 0 Å². The molecular formula is C14H16ClNO3S. The molecule has 0 aliphatic carbocycles. The van der Waals surface area contributed by atoms with Gasteiger partial charge >= 0.3 is 5.97 Å². The minimum absolute atomic E-state index is 0.405. The van der Waals surface area contributed by atoms with Gasteiger partial charge in [-0.1, -0.05) is 35.9 Å². The molecule has 1 aliphatic heterocycles. The Kier molecular flexibility index (Phi) is 4.32. The van der Waals surface area contributed by atoms with Crippen LogP contribution in [0.4, 0.5) is 0 Å². The molecule has 0 saturated carbocycles. The largest absolute Gasteiger partial charge is 0.467 e. The zero-order valence-electron chi connectivity index (χ0n) is 11.2. The molecule has 2 unspecified atom stereocenters. The molecule has 0 saturated heterocycles. The molecule has 1 aromatic rings. The highest BCUT2D eigenvalue weighted by Gasteiger charge is 2.44. The summed E-state index contributed by atoms with van der Waals surface area (Å²) in [7, 11) is 1.30. The van der Waals surface area contributed by atoms with Gasteiger partial charge in [-0.25, -0.2) is 4.79 Å². The molecule has 20 heavy (non-hydrogen) atoms. The van der Waals surface area contributed by atoms with Crippen molar-refractivity contribution in [3.8, 4) is 0 Å². The van der Waals surface area contributed by atoms with E-state index in [2.05, 4.69) is 12.6 Å². The molecule has 2 rings (SSSR count). The van der Waals surface area contributed by atoms with Gasteiger partial charge in [0.25, 0.3) is 0 Å². The second-order valence-electron chi connectivity index (χ2n) is 4.73. The third kappa shape index (κ3) is 2.53. The van der Waals surface area contributed by atoms with Gasteiger partial charge in [-0.2, -0.15) is 12.6 Å². The van der Waals surface area contributed by atoms with Crippen LogP contribution in [0.3, 0.4) is 0 Å². The van der Waals surface area contributed by atoms with Gasteiger partial charge in [0.15, 0.2) is 11.8 Å². The number of aliphatic hydroxyl groups is 1. The zero-order valence-corrected chi connectivity index (χ0v) is 12.8. The van der Waals surface area contributed by atoms with Crippen molar-refractivity contribution in [1.29, 1.82) is 0 Å². The molecule has 0 radical (unpaired) electrons. The van der Waals surface area contributed by atoms with Crippen LogP contribution in [0.2, 0.25) is 5.02 Å². The summed E-state index contributed by atoms with van der Waals surface area (Å²) in [6.07, 6.45) is 3.36. The molecule has 0 bridgehead atoms. The van der Waals surface area contributed by atoms with Crippen LogP contribution in [0.1, 0.15) is 18.5 Å². The number of rotatable bonds is 3. The molecule has 0 spiro atoms. The molecule has 1 aliphatic rings. The lowest BCUT2D eigenvalue weighted by molar-refractivity contribution is -0.155. The lowest BCUT2D eigenvalue weighted by Gasteiger charge is -2.38. The van der Waals surface area contributed by atoms with Crippen molar-refractivity contribution in [2.75, 3.05) is 7.11 Å². The Labute approximate surface area is 128 Å². The summed E-state index contributed by atoms with van der Waals surface area (Å²) in [5.74, 6) is -0.495. The highest BCUT2D eigenvalue weighted by Crippen LogP contribution is 2.38. The molecule has 0 fully saturated rings. The predicted molar refractivity (Wildman–Crippen MR) is 80.6 cm³/mol. The summed E-state index contributed by atoms with van der Waals surface area (Å²) < 4.78 is 4.85. The summed E-state index contributed by atoms with van der Waals surface area (Å²) in [5, 5.41) is 10.6. The van der Waals surface area contributed by atoms with Gasteiger partial charge in [0.1, 0.15) is 0 Å². The molecule has 4 nitrogen and oxygen atoms in total. The number of hydrogen-bond donors (Lipinski definition) is 2. The summed E-state index contributed by atoms with van der Waals surface area (Å²) in [6, 6.07) is 6.17. The predicted octanol–water partition coefficient (Wildman–Crippen LogP) is 2.39. The van der Waals surface area contributed by atoms with Crippen molar-refractivity contribution in [2.45, 2.75) is 23.9 Å². The molecular weight excluding hydrogens is 298 g/mol. The van der Waals surface area contributed by atoms with E-state index in [4.69, 9.17) is 16.3 Å². The van der Waals surface area contributed by atoms with E-state index in [-0.39, 0.29) is 0 Å². The average Bonchev–Trinajstić information content (AvgIpc) is 2.68. The third-order valence-electron chi connectivity index (χ3n) is 3.41. The van der Waals surface area contributed by atoms with Gasteiger partial charge in [-0.3, -0.25) is 0 Å². The van der Waals surface area contributed by atoms with Crippen molar-refractivity contribution in [1.82, 2.24) is 4.90 Å². The van der Waals surface area contributed by atoms with E-state index in [1.807, 2.05) is 0 Å². The minimum Gasteiger partial charge on any atom is -0.467 e. The highest BCUT2D eigenvalue weighted by molar-refractivity contribution is 7.81. The molecule has 1 N–H and O–H groups in total. The minimum atomic E-state index is -1.30. The van der Waals surface area contributed by atoms with E-state index in [1.165, 1.54) is 12.0 Å². The number of nitrogens with zero attached hydrogens (tertiary/aromatic N) is 1. The lowest BCUT2D eigenvalue weighted by atomic mass is 10.0. The van der Waals surface area contributed by atoms with Crippen LogP contribution in [0.25, 0.3) is 0 Å². The Morgan fingerprint density at radius 1 is 1.55 bits per heavy atom. The number of ether oxygens (including phenoxy) is 1. The van der Waals surface area contributed by atoms with Crippen LogP contribution < -0.4 is 0 Å². The lowest BCUT2D eigenvalue weighted by Crippen LogP contribution is -2.49. The fourth-order valence-corrected chi connectivity index (χ4v) is 2.66. The van der Waals surface area contributed by atoms with Crippen molar-refractivity contribution >= 4 is 30.2 Å². The standard InChI is InChI=1S/C14H16ClNO3S/c1-14(18)11(20)7-8-16(14)12(13(17)19-2)9-5-3-4-6-10(9)15/h3-8,11-12,18,20H,1-2H3/t11?,12-,14?/m0/s1. The number of carbonyl (C=O) groups is 1. The first-order chi connectivity index (χ1) is 9.39. The summed E-state index contributed by atoms with van der Waals surface area (Å²) >= 11 is 10.5. The van der Waals surface area contributed by atoms with Gasteiger partial charge in [0.2, 0.25) is 0 Å². The molecule has 3 atom stereocenters. The van der Waals surface area contributed by atoms with Gasteiger partial charge in [0.05, 0.1) is 12.4 Å². The summed E-state index contributed by atoms with van der Waals surface area (Å²) in [6.45, 7) is 1.59. The molecule has 6 heteroatoms. The van der Waals surface area contributed by atoms with Crippen LogP contribution in [0.15, 0.2) is 36.5 Å². The molecule has 0 amide bonds. The second-order valence-corrected chi connectivity index (χ2v) is 5.70. The van der Waals surface area contributed by atoms with E-state index < -0.39 is 23.0 Å². The Hall–Kier alpha value is -1.17. The maximum Gasteiger partial charge on any atom is 0.333 e. The van der Waals surface area contributed by atoms with Gasteiger partial charge < -0.3 is 14.7 Å². The number of thiol groups is 1. The maximum absolute atomic E-state index is 12.2. The number of carbonyl (C=O) groups excluding carboxylic acids is 1.